The van der Waals surface area contributed by atoms with Crippen LogP contribution in [0.5, 0.6) is 0 Å². The van der Waals surface area contributed by atoms with Crippen LogP contribution in [0.15, 0.2) is 0 Å². The average Bonchev–Trinajstić information content (AvgIpc) is 2.19. The molecule has 84 valence electrons. The van der Waals surface area contributed by atoms with Gasteiger partial charge < -0.3 is 4.52 Å². The highest BCUT2D eigenvalue weighted by Crippen LogP contribution is 2.63. The van der Waals surface area contributed by atoms with Crippen molar-refractivity contribution in [3.8, 4) is 0 Å². The summed E-state index contributed by atoms with van der Waals surface area (Å²) in [6.45, 7) is 2.59. The van der Waals surface area contributed by atoms with E-state index in [1.165, 1.54) is 19.3 Å². The topological polar surface area (TPSA) is 9.23 Å². The van der Waals surface area contributed by atoms with Gasteiger partial charge in [-0.25, -0.2) is 0 Å². The highest BCUT2D eigenvalue weighted by molar-refractivity contribution is 8.14. The molecule has 0 aromatic rings. The van der Waals surface area contributed by atoms with Crippen LogP contribution in [0, 0.1) is 0 Å². The highest BCUT2D eigenvalue weighted by atomic mass is 35.5. The maximum absolute atomic E-state index is 5.98. The number of rotatable bonds is 4. The Balaban J connectivity index is 2.70. The van der Waals surface area contributed by atoms with E-state index in [1.54, 1.807) is 0 Å². The van der Waals surface area contributed by atoms with Gasteiger partial charge in [0.2, 0.25) is 0 Å². The van der Waals surface area contributed by atoms with E-state index in [1.807, 2.05) is 6.92 Å². The first-order valence-corrected chi connectivity index (χ1v) is 8.86. The summed E-state index contributed by atoms with van der Waals surface area (Å²) in [5.41, 5.74) is 0.450. The fourth-order valence-electron chi connectivity index (χ4n) is 1.96. The largest absolute Gasteiger partial charge is 0.348 e. The van der Waals surface area contributed by atoms with Crippen LogP contribution in [0.3, 0.4) is 0 Å². The van der Waals surface area contributed by atoms with E-state index in [0.717, 1.165) is 12.8 Å². The summed E-state index contributed by atoms with van der Waals surface area (Å²) in [5, 5.41) is 0. The van der Waals surface area contributed by atoms with Crippen molar-refractivity contribution >= 4 is 41.3 Å². The molecular formula is C9H17Cl2OPS. The Hall–Kier alpha value is 1.19. The van der Waals surface area contributed by atoms with Crippen LogP contribution in [0.25, 0.3) is 0 Å². The fourth-order valence-corrected chi connectivity index (χ4v) is 6.34. The summed E-state index contributed by atoms with van der Waals surface area (Å²) < 4.78 is 5.19. The SMILES string of the molecule is CCOP(=S)(C(Cl)Cl)C1CCCCC1. The van der Waals surface area contributed by atoms with Gasteiger partial charge in [0.25, 0.3) is 0 Å². The lowest BCUT2D eigenvalue weighted by atomic mass is 10.0. The third-order valence-electron chi connectivity index (χ3n) is 2.69. The predicted molar refractivity (Wildman–Crippen MR) is 68.3 cm³/mol. The maximum Gasteiger partial charge on any atom is 0.158 e. The molecule has 0 heterocycles. The number of alkyl halides is 2. The number of hydrogen-bond donors (Lipinski definition) is 0. The molecule has 14 heavy (non-hydrogen) atoms. The molecule has 1 fully saturated rings. The first-order valence-electron chi connectivity index (χ1n) is 5.13. The lowest BCUT2D eigenvalue weighted by Gasteiger charge is -2.34. The van der Waals surface area contributed by atoms with Gasteiger partial charge in [0.15, 0.2) is 4.58 Å². The van der Waals surface area contributed by atoms with Crippen LogP contribution < -0.4 is 0 Å². The molecule has 0 aromatic carbocycles. The molecule has 0 aliphatic heterocycles. The van der Waals surface area contributed by atoms with Crippen molar-refractivity contribution in [2.75, 3.05) is 6.61 Å². The second-order valence-corrected chi connectivity index (χ2v) is 9.84. The van der Waals surface area contributed by atoms with Crippen molar-refractivity contribution < 1.29 is 4.52 Å². The normalized spacial score (nSPS) is 23.7. The molecular weight excluding hydrogens is 258 g/mol. The van der Waals surface area contributed by atoms with E-state index in [2.05, 4.69) is 0 Å². The van der Waals surface area contributed by atoms with Crippen molar-refractivity contribution in [2.45, 2.75) is 49.3 Å². The van der Waals surface area contributed by atoms with E-state index in [9.17, 15) is 0 Å². The number of hydrogen-bond acceptors (Lipinski definition) is 2. The van der Waals surface area contributed by atoms with Crippen molar-refractivity contribution in [2.24, 2.45) is 0 Å². The van der Waals surface area contributed by atoms with E-state index in [0.29, 0.717) is 12.3 Å². The zero-order valence-corrected chi connectivity index (χ0v) is 11.6. The highest BCUT2D eigenvalue weighted by Gasteiger charge is 2.35. The molecule has 0 radical (unpaired) electrons. The third kappa shape index (κ3) is 3.09. The second kappa shape index (κ2) is 6.06. The summed E-state index contributed by atoms with van der Waals surface area (Å²) in [4.78, 5) is 0. The molecule has 1 saturated carbocycles. The molecule has 1 aliphatic rings. The zero-order valence-electron chi connectivity index (χ0n) is 8.42. The Morgan fingerprint density at radius 3 is 2.36 bits per heavy atom. The van der Waals surface area contributed by atoms with E-state index in [4.69, 9.17) is 39.5 Å². The quantitative estimate of drug-likeness (QED) is 0.551. The zero-order chi connectivity index (χ0) is 10.6. The summed E-state index contributed by atoms with van der Waals surface area (Å²) in [7, 11) is 0. The molecule has 0 aromatic heterocycles. The molecule has 0 spiro atoms. The van der Waals surface area contributed by atoms with Crippen molar-refractivity contribution in [3.05, 3.63) is 0 Å². The average molecular weight is 275 g/mol. The van der Waals surface area contributed by atoms with E-state index >= 15 is 0 Å². The summed E-state index contributed by atoms with van der Waals surface area (Å²) in [5.74, 6) is 0. The Bertz CT molecular complexity index is 217. The fraction of sp³-hybridized carbons (Fsp3) is 1.00. The molecule has 1 nitrogen and oxygen atoms in total. The van der Waals surface area contributed by atoms with Gasteiger partial charge in [-0.2, -0.15) is 0 Å². The smallest absolute Gasteiger partial charge is 0.158 e. The molecule has 5 heteroatoms. The lowest BCUT2D eigenvalue weighted by molar-refractivity contribution is 0.360. The van der Waals surface area contributed by atoms with Gasteiger partial charge in [0.05, 0.1) is 0 Å². The van der Waals surface area contributed by atoms with Gasteiger partial charge in [-0.15, -0.1) is 0 Å². The minimum Gasteiger partial charge on any atom is -0.348 e. The first kappa shape index (κ1) is 13.3. The molecule has 0 N–H and O–H groups in total. The lowest BCUT2D eigenvalue weighted by Crippen LogP contribution is -2.18. The Morgan fingerprint density at radius 1 is 1.36 bits per heavy atom. The Morgan fingerprint density at radius 2 is 1.93 bits per heavy atom. The van der Waals surface area contributed by atoms with Gasteiger partial charge in [-0.1, -0.05) is 54.3 Å². The van der Waals surface area contributed by atoms with Gasteiger partial charge in [0.1, 0.15) is 6.26 Å². The van der Waals surface area contributed by atoms with Crippen LogP contribution in [-0.2, 0) is 16.3 Å². The molecule has 1 aliphatic carbocycles. The van der Waals surface area contributed by atoms with Crippen molar-refractivity contribution in [1.82, 2.24) is 0 Å². The monoisotopic (exact) mass is 274 g/mol. The summed E-state index contributed by atoms with van der Waals surface area (Å²) >= 11 is 17.5. The van der Waals surface area contributed by atoms with Crippen LogP contribution >= 0.6 is 29.5 Å². The van der Waals surface area contributed by atoms with E-state index in [-0.39, 0.29) is 0 Å². The van der Waals surface area contributed by atoms with Gasteiger partial charge in [-0.05, 0) is 19.8 Å². The minimum atomic E-state index is -2.00. The van der Waals surface area contributed by atoms with Crippen LogP contribution in [-0.4, -0.2) is 16.8 Å². The van der Waals surface area contributed by atoms with Crippen LogP contribution in [0.1, 0.15) is 39.0 Å². The molecule has 0 amide bonds. The van der Waals surface area contributed by atoms with Crippen LogP contribution in [0.2, 0.25) is 0 Å². The predicted octanol–water partition coefficient (Wildman–Crippen LogP) is 4.51. The number of halogens is 2. The molecule has 1 unspecified atom stereocenters. The van der Waals surface area contributed by atoms with Crippen molar-refractivity contribution in [1.29, 1.82) is 0 Å². The van der Waals surface area contributed by atoms with Crippen LogP contribution in [0.4, 0.5) is 0 Å². The summed E-state index contributed by atoms with van der Waals surface area (Å²) in [6.07, 6.45) is 4.10. The summed E-state index contributed by atoms with van der Waals surface area (Å²) in [6, 6.07) is 0. The standard InChI is InChI=1S/C9H17Cl2OPS/c1-2-12-13(14,9(10)11)8-6-4-3-5-7-8/h8-9H,2-7H2,1H3. The molecule has 0 bridgehead atoms. The molecule has 0 saturated heterocycles. The minimum absolute atomic E-state index is 0.450. The Kier molecular flexibility index (Phi) is 5.73. The molecule has 1 atom stereocenters. The van der Waals surface area contributed by atoms with Gasteiger partial charge >= 0.3 is 0 Å². The van der Waals surface area contributed by atoms with Gasteiger partial charge in [0, 0.05) is 12.3 Å². The maximum atomic E-state index is 5.98. The van der Waals surface area contributed by atoms with Crippen molar-refractivity contribution in [3.63, 3.8) is 0 Å². The third-order valence-corrected chi connectivity index (χ3v) is 9.70. The molecule has 1 rings (SSSR count). The first-order chi connectivity index (χ1) is 6.61. The second-order valence-electron chi connectivity index (χ2n) is 3.63. The Labute approximate surface area is 102 Å². The van der Waals surface area contributed by atoms with E-state index < -0.39 is 10.8 Å². The van der Waals surface area contributed by atoms with Gasteiger partial charge in [-0.3, -0.25) is 0 Å².